The van der Waals surface area contributed by atoms with E-state index in [1.54, 1.807) is 0 Å². The molecular formula is C34H44O2SiSn. The van der Waals surface area contributed by atoms with Gasteiger partial charge in [-0.2, -0.15) is 0 Å². The summed E-state index contributed by atoms with van der Waals surface area (Å²) in [4.78, 5) is 13.2. The number of ketones is 1. The SMILES string of the molecule is CC[Si](CC)(CC)OC1(CCC/C=[CH]/[Sn]([c]2ccccc2)([c]2ccccc2)[c]2ccccc2)CCCC1=O. The van der Waals surface area contributed by atoms with Crippen LogP contribution >= 0.6 is 0 Å². The number of rotatable bonds is 13. The Hall–Kier alpha value is -1.95. The maximum atomic E-state index is 13.2. The van der Waals surface area contributed by atoms with Crippen molar-refractivity contribution in [3.63, 3.8) is 0 Å². The summed E-state index contributed by atoms with van der Waals surface area (Å²) in [6.07, 6.45) is 7.83. The zero-order chi connectivity index (χ0) is 26.9. The van der Waals surface area contributed by atoms with Gasteiger partial charge < -0.3 is 0 Å². The number of carbonyl (C=O) groups is 1. The van der Waals surface area contributed by atoms with E-state index in [9.17, 15) is 4.79 Å². The second kappa shape index (κ2) is 13.4. The molecule has 1 unspecified atom stereocenters. The molecule has 0 spiro atoms. The summed E-state index contributed by atoms with van der Waals surface area (Å²) in [5, 5.41) is 0. The first-order chi connectivity index (χ1) is 18.5. The summed E-state index contributed by atoms with van der Waals surface area (Å²) in [6.45, 7) is 6.79. The molecule has 1 aliphatic carbocycles. The molecule has 3 aromatic carbocycles. The molecule has 0 amide bonds. The fraction of sp³-hybridized carbons (Fsp3) is 0.382. The van der Waals surface area contributed by atoms with Crippen LogP contribution in [-0.4, -0.2) is 38.1 Å². The van der Waals surface area contributed by atoms with Crippen LogP contribution in [0, 0.1) is 0 Å². The number of unbranched alkanes of at least 4 members (excludes halogenated alkanes) is 1. The van der Waals surface area contributed by atoms with Gasteiger partial charge in [0.25, 0.3) is 0 Å². The van der Waals surface area contributed by atoms with Gasteiger partial charge in [-0.3, -0.25) is 0 Å². The Labute approximate surface area is 235 Å². The van der Waals surface area contributed by atoms with Gasteiger partial charge in [-0.15, -0.1) is 0 Å². The fourth-order valence-electron chi connectivity index (χ4n) is 6.36. The van der Waals surface area contributed by atoms with Crippen molar-refractivity contribution >= 4 is 43.2 Å². The van der Waals surface area contributed by atoms with Crippen molar-refractivity contribution in [3.8, 4) is 0 Å². The van der Waals surface area contributed by atoms with Crippen molar-refractivity contribution in [3.05, 3.63) is 101 Å². The minimum absolute atomic E-state index is 0.361. The Bertz CT molecular complexity index is 1070. The molecule has 0 saturated heterocycles. The van der Waals surface area contributed by atoms with E-state index in [-0.39, 0.29) is 0 Å². The van der Waals surface area contributed by atoms with Gasteiger partial charge in [0.1, 0.15) is 0 Å². The summed E-state index contributed by atoms with van der Waals surface area (Å²) in [6, 6.07) is 36.7. The first-order valence-corrected chi connectivity index (χ1v) is 23.1. The van der Waals surface area contributed by atoms with Gasteiger partial charge in [0, 0.05) is 0 Å². The van der Waals surface area contributed by atoms with Crippen LogP contribution in [0.4, 0.5) is 0 Å². The molecule has 1 saturated carbocycles. The van der Waals surface area contributed by atoms with Gasteiger partial charge in [-0.05, 0) is 0 Å². The Morgan fingerprint density at radius 2 is 1.26 bits per heavy atom. The van der Waals surface area contributed by atoms with Gasteiger partial charge in [0.2, 0.25) is 0 Å². The average molecular weight is 632 g/mol. The van der Waals surface area contributed by atoms with Gasteiger partial charge in [-0.25, -0.2) is 0 Å². The van der Waals surface area contributed by atoms with Crippen LogP contribution in [-0.2, 0) is 9.22 Å². The van der Waals surface area contributed by atoms with Crippen molar-refractivity contribution < 1.29 is 9.22 Å². The van der Waals surface area contributed by atoms with E-state index in [4.69, 9.17) is 4.43 Å². The summed E-state index contributed by atoms with van der Waals surface area (Å²) in [5.74, 6) is 0.361. The predicted octanol–water partition coefficient (Wildman–Crippen LogP) is 6.94. The number of allylic oxidation sites excluding steroid dienone is 1. The van der Waals surface area contributed by atoms with Gasteiger partial charge in [-0.1, -0.05) is 0 Å². The molecule has 0 bridgehead atoms. The Morgan fingerprint density at radius 3 is 1.66 bits per heavy atom. The van der Waals surface area contributed by atoms with E-state index in [1.165, 1.54) is 10.7 Å². The third-order valence-corrected chi connectivity index (χ3v) is 26.3. The quantitative estimate of drug-likeness (QED) is 0.151. The van der Waals surface area contributed by atoms with Gasteiger partial charge in [0.15, 0.2) is 0 Å². The molecule has 2 nitrogen and oxygen atoms in total. The number of carbonyl (C=O) groups excluding carboxylic acids is 1. The molecule has 0 N–H and O–H groups in total. The van der Waals surface area contributed by atoms with Crippen LogP contribution in [0.2, 0.25) is 18.1 Å². The first-order valence-electron chi connectivity index (χ1n) is 14.6. The van der Waals surface area contributed by atoms with E-state index < -0.39 is 32.3 Å². The third-order valence-electron chi connectivity index (χ3n) is 8.84. The summed E-state index contributed by atoms with van der Waals surface area (Å²) < 4.78 is 14.0. The van der Waals surface area contributed by atoms with Crippen molar-refractivity contribution in [2.75, 3.05) is 0 Å². The Morgan fingerprint density at radius 1 is 0.789 bits per heavy atom. The molecule has 200 valence electrons. The van der Waals surface area contributed by atoms with E-state index in [1.807, 2.05) is 0 Å². The summed E-state index contributed by atoms with van der Waals surface area (Å²) in [5.41, 5.74) is -0.527. The zero-order valence-electron chi connectivity index (χ0n) is 23.5. The van der Waals surface area contributed by atoms with Gasteiger partial charge >= 0.3 is 237 Å². The van der Waals surface area contributed by atoms with Crippen molar-refractivity contribution in [2.24, 2.45) is 0 Å². The topological polar surface area (TPSA) is 26.3 Å². The van der Waals surface area contributed by atoms with E-state index in [0.717, 1.165) is 50.2 Å². The van der Waals surface area contributed by atoms with Crippen LogP contribution in [0.5, 0.6) is 0 Å². The molecule has 38 heavy (non-hydrogen) atoms. The molecule has 4 heteroatoms. The summed E-state index contributed by atoms with van der Waals surface area (Å²) >= 11 is -3.38. The molecule has 0 heterocycles. The molecule has 0 radical (unpaired) electrons. The normalized spacial score (nSPS) is 18.3. The van der Waals surface area contributed by atoms with Crippen LogP contribution in [0.15, 0.2) is 101 Å². The van der Waals surface area contributed by atoms with Crippen molar-refractivity contribution in [2.45, 2.75) is 83.0 Å². The van der Waals surface area contributed by atoms with E-state index in [2.05, 4.69) is 122 Å². The molecule has 0 aliphatic heterocycles. The van der Waals surface area contributed by atoms with E-state index in [0.29, 0.717) is 12.2 Å². The number of Topliss-reactive ketones (excluding diaryl/α,β-unsaturated/α-hetero) is 1. The number of benzene rings is 3. The van der Waals surface area contributed by atoms with Crippen LogP contribution < -0.4 is 10.7 Å². The van der Waals surface area contributed by atoms with Crippen LogP contribution in [0.25, 0.3) is 0 Å². The monoisotopic (exact) mass is 632 g/mol. The van der Waals surface area contributed by atoms with Crippen LogP contribution in [0.3, 0.4) is 0 Å². The molecule has 1 fully saturated rings. The fourth-order valence-corrected chi connectivity index (χ4v) is 21.6. The second-order valence-electron chi connectivity index (χ2n) is 10.8. The molecule has 1 atom stereocenters. The minimum atomic E-state index is -3.38. The van der Waals surface area contributed by atoms with Crippen molar-refractivity contribution in [1.82, 2.24) is 0 Å². The number of hydrogen-bond acceptors (Lipinski definition) is 2. The summed E-state index contributed by atoms with van der Waals surface area (Å²) in [7, 11) is -1.86. The zero-order valence-corrected chi connectivity index (χ0v) is 27.3. The Kier molecular flexibility index (Phi) is 10.2. The van der Waals surface area contributed by atoms with Crippen LogP contribution in [0.1, 0.15) is 59.3 Å². The van der Waals surface area contributed by atoms with Gasteiger partial charge in [0.05, 0.1) is 0 Å². The molecule has 3 aromatic rings. The molecule has 1 aliphatic rings. The standard InChI is InChI=1S/C16H29O2Si.3C6H5.Sn/c1-5-9-10-13-16(14-11-12-15(16)17)18-19(6-2,7-3)8-4;3*1-2-4-6-5-3-1;/h1,5H,6-14H2,2-4H3;3*1-5H;. The third kappa shape index (κ3) is 6.10. The number of hydrogen-bond donors (Lipinski definition) is 0. The Balaban J connectivity index is 1.62. The molecule has 4 rings (SSSR count). The maximum absolute atomic E-state index is 13.2. The molecular weight excluding hydrogens is 587 g/mol. The first kappa shape index (κ1) is 29.0. The molecule has 0 aromatic heterocycles. The van der Waals surface area contributed by atoms with Crippen molar-refractivity contribution in [1.29, 1.82) is 0 Å². The predicted molar refractivity (Wildman–Crippen MR) is 167 cm³/mol. The van der Waals surface area contributed by atoms with E-state index >= 15 is 0 Å². The second-order valence-corrected chi connectivity index (χ2v) is 26.0. The average Bonchev–Trinajstić information content (AvgIpc) is 3.34.